The van der Waals surface area contributed by atoms with Crippen LogP contribution in [0.2, 0.25) is 0 Å². The molecule has 0 radical (unpaired) electrons. The third-order valence-corrected chi connectivity index (χ3v) is 4.71. The molecule has 1 unspecified atom stereocenters. The third kappa shape index (κ3) is 5.10. The van der Waals surface area contributed by atoms with E-state index in [0.29, 0.717) is 12.1 Å². The van der Waals surface area contributed by atoms with Crippen LogP contribution in [0.5, 0.6) is 0 Å². The molecule has 0 aliphatic heterocycles. The Bertz CT molecular complexity index is 980. The Morgan fingerprint density at radius 2 is 1.86 bits per heavy atom. The normalized spacial score (nSPS) is 11.9. The first-order valence-electron chi connectivity index (χ1n) is 9.69. The van der Waals surface area contributed by atoms with Crippen molar-refractivity contribution in [3.8, 4) is 5.69 Å². The van der Waals surface area contributed by atoms with Crippen molar-refractivity contribution in [3.63, 3.8) is 0 Å². The van der Waals surface area contributed by atoms with Gasteiger partial charge in [0.05, 0.1) is 5.69 Å². The summed E-state index contributed by atoms with van der Waals surface area (Å²) in [5.41, 5.74) is 3.39. The van der Waals surface area contributed by atoms with Crippen LogP contribution in [0.25, 0.3) is 5.69 Å². The lowest BCUT2D eigenvalue weighted by Gasteiger charge is -2.22. The van der Waals surface area contributed by atoms with Gasteiger partial charge in [0.2, 0.25) is 5.91 Å². The van der Waals surface area contributed by atoms with E-state index in [-0.39, 0.29) is 17.7 Å². The van der Waals surface area contributed by atoms with Crippen molar-refractivity contribution in [2.45, 2.75) is 33.4 Å². The molecule has 6 heteroatoms. The molecule has 6 nitrogen and oxygen atoms in total. The van der Waals surface area contributed by atoms with Gasteiger partial charge in [0.25, 0.3) is 5.91 Å². The van der Waals surface area contributed by atoms with E-state index in [1.54, 1.807) is 16.9 Å². The number of rotatable bonds is 7. The van der Waals surface area contributed by atoms with Crippen molar-refractivity contribution in [2.24, 2.45) is 5.92 Å². The maximum atomic E-state index is 12.8. The van der Waals surface area contributed by atoms with Crippen molar-refractivity contribution < 1.29 is 9.59 Å². The molecule has 150 valence electrons. The maximum absolute atomic E-state index is 12.8. The molecule has 0 fully saturated rings. The van der Waals surface area contributed by atoms with Crippen LogP contribution in [0.3, 0.4) is 0 Å². The summed E-state index contributed by atoms with van der Waals surface area (Å²) in [6.45, 7) is 6.11. The molecule has 2 N–H and O–H groups in total. The van der Waals surface area contributed by atoms with Crippen molar-refractivity contribution in [2.75, 3.05) is 0 Å². The highest BCUT2D eigenvalue weighted by Crippen LogP contribution is 2.14. The Kier molecular flexibility index (Phi) is 6.44. The second-order valence-corrected chi connectivity index (χ2v) is 7.36. The summed E-state index contributed by atoms with van der Waals surface area (Å²) < 4.78 is 1.76. The Morgan fingerprint density at radius 1 is 1.07 bits per heavy atom. The molecule has 1 heterocycles. The molecule has 0 bridgehead atoms. The van der Waals surface area contributed by atoms with Crippen LogP contribution in [0.1, 0.15) is 35.3 Å². The van der Waals surface area contributed by atoms with E-state index < -0.39 is 6.04 Å². The van der Waals surface area contributed by atoms with E-state index in [0.717, 1.165) is 16.8 Å². The van der Waals surface area contributed by atoms with Gasteiger partial charge in [-0.3, -0.25) is 9.59 Å². The third-order valence-electron chi connectivity index (χ3n) is 4.71. The minimum atomic E-state index is -0.625. The zero-order valence-electron chi connectivity index (χ0n) is 16.9. The summed E-state index contributed by atoms with van der Waals surface area (Å²) in [4.78, 5) is 25.4. The molecule has 3 aromatic rings. The van der Waals surface area contributed by atoms with Gasteiger partial charge < -0.3 is 10.6 Å². The second kappa shape index (κ2) is 9.19. The molecule has 2 aromatic carbocycles. The van der Waals surface area contributed by atoms with Crippen molar-refractivity contribution in [3.05, 3.63) is 83.7 Å². The zero-order chi connectivity index (χ0) is 20.8. The molecule has 3 rings (SSSR count). The van der Waals surface area contributed by atoms with Crippen LogP contribution < -0.4 is 10.6 Å². The van der Waals surface area contributed by atoms with E-state index in [4.69, 9.17) is 0 Å². The smallest absolute Gasteiger partial charge is 0.251 e. The Hall–Kier alpha value is -3.41. The van der Waals surface area contributed by atoms with E-state index in [1.807, 2.05) is 75.5 Å². The fourth-order valence-corrected chi connectivity index (χ4v) is 3.13. The summed E-state index contributed by atoms with van der Waals surface area (Å²) in [7, 11) is 0. The van der Waals surface area contributed by atoms with Gasteiger partial charge in [0.1, 0.15) is 6.04 Å². The summed E-state index contributed by atoms with van der Waals surface area (Å²) in [6, 6.07) is 16.3. The number of hydrogen-bond donors (Lipinski definition) is 2. The fraction of sp³-hybridized carbons (Fsp3) is 0.261. The number of hydrogen-bond acceptors (Lipinski definition) is 3. The number of aromatic nitrogens is 2. The van der Waals surface area contributed by atoms with Crippen molar-refractivity contribution >= 4 is 11.8 Å². The van der Waals surface area contributed by atoms with Crippen molar-refractivity contribution in [1.29, 1.82) is 0 Å². The van der Waals surface area contributed by atoms with Gasteiger partial charge >= 0.3 is 0 Å². The second-order valence-electron chi connectivity index (χ2n) is 7.36. The molecule has 29 heavy (non-hydrogen) atoms. The molecule has 0 spiro atoms. The number of nitrogens with zero attached hydrogens (tertiary/aromatic N) is 2. The molecule has 1 atom stereocenters. The Labute approximate surface area is 170 Å². The zero-order valence-corrected chi connectivity index (χ0v) is 16.9. The number of carbonyl (C=O) groups excluding carboxylic acids is 2. The Balaban J connectivity index is 1.69. The van der Waals surface area contributed by atoms with E-state index in [2.05, 4.69) is 15.7 Å². The minimum Gasteiger partial charge on any atom is -0.350 e. The predicted molar refractivity (Wildman–Crippen MR) is 113 cm³/mol. The number of aryl methyl sites for hydroxylation is 1. The van der Waals surface area contributed by atoms with Crippen LogP contribution in [0.4, 0.5) is 0 Å². The number of benzene rings is 2. The van der Waals surface area contributed by atoms with Crippen LogP contribution in [0.15, 0.2) is 67.0 Å². The summed E-state index contributed by atoms with van der Waals surface area (Å²) in [5.74, 6) is -0.513. The molecule has 0 saturated carbocycles. The highest BCUT2D eigenvalue weighted by molar-refractivity contribution is 5.97. The lowest BCUT2D eigenvalue weighted by atomic mass is 10.0. The lowest BCUT2D eigenvalue weighted by molar-refractivity contribution is -0.124. The number of carbonyl (C=O) groups is 2. The molecule has 0 aliphatic carbocycles. The highest BCUT2D eigenvalue weighted by atomic mass is 16.2. The van der Waals surface area contributed by atoms with Gasteiger partial charge in [0.15, 0.2) is 0 Å². The number of nitrogens with one attached hydrogen (secondary N) is 2. The first-order valence-corrected chi connectivity index (χ1v) is 9.69. The van der Waals surface area contributed by atoms with E-state index in [1.165, 1.54) is 0 Å². The summed E-state index contributed by atoms with van der Waals surface area (Å²) >= 11 is 0. The van der Waals surface area contributed by atoms with E-state index in [9.17, 15) is 9.59 Å². The number of para-hydroxylation sites is 1. The first kappa shape index (κ1) is 20.3. The molecule has 0 saturated heterocycles. The number of amides is 2. The van der Waals surface area contributed by atoms with Gasteiger partial charge in [-0.1, -0.05) is 49.7 Å². The van der Waals surface area contributed by atoms with Crippen LogP contribution >= 0.6 is 0 Å². The predicted octanol–water partition coefficient (Wildman–Crippen LogP) is 3.25. The van der Waals surface area contributed by atoms with E-state index >= 15 is 0 Å². The van der Waals surface area contributed by atoms with Crippen LogP contribution in [0, 0.1) is 12.8 Å². The average molecular weight is 390 g/mol. The topological polar surface area (TPSA) is 76.0 Å². The van der Waals surface area contributed by atoms with Crippen molar-refractivity contribution in [1.82, 2.24) is 20.4 Å². The maximum Gasteiger partial charge on any atom is 0.251 e. The standard InChI is InChI=1S/C23H26N4O2/c1-16(2)21(26-22(28)18-10-6-8-17(3)14-18)23(29)24-15-19-9-4-5-11-20(19)27-13-7-12-25-27/h4-14,16,21H,15H2,1-3H3,(H,24,29)(H,26,28). The van der Waals surface area contributed by atoms with Gasteiger partial charge in [-0.05, 0) is 42.7 Å². The van der Waals surface area contributed by atoms with Crippen LogP contribution in [-0.4, -0.2) is 27.6 Å². The highest BCUT2D eigenvalue weighted by Gasteiger charge is 2.24. The Morgan fingerprint density at radius 3 is 2.55 bits per heavy atom. The van der Waals surface area contributed by atoms with Crippen LogP contribution in [-0.2, 0) is 11.3 Å². The summed E-state index contributed by atoms with van der Waals surface area (Å²) in [6.07, 6.45) is 3.57. The SMILES string of the molecule is Cc1cccc(C(=O)NC(C(=O)NCc2ccccc2-n2cccn2)C(C)C)c1. The molecular formula is C23H26N4O2. The monoisotopic (exact) mass is 390 g/mol. The average Bonchev–Trinajstić information content (AvgIpc) is 3.24. The largest absolute Gasteiger partial charge is 0.350 e. The first-order chi connectivity index (χ1) is 14.0. The molecule has 1 aromatic heterocycles. The molecule has 0 aliphatic rings. The molecular weight excluding hydrogens is 364 g/mol. The quantitative estimate of drug-likeness (QED) is 0.650. The van der Waals surface area contributed by atoms with Gasteiger partial charge in [-0.15, -0.1) is 0 Å². The van der Waals surface area contributed by atoms with Gasteiger partial charge in [0, 0.05) is 24.5 Å². The van der Waals surface area contributed by atoms with Gasteiger partial charge in [-0.2, -0.15) is 5.10 Å². The lowest BCUT2D eigenvalue weighted by Crippen LogP contribution is -2.49. The molecule has 2 amide bonds. The fourth-order valence-electron chi connectivity index (χ4n) is 3.13. The minimum absolute atomic E-state index is 0.0508. The summed E-state index contributed by atoms with van der Waals surface area (Å²) in [5, 5.41) is 10.1. The van der Waals surface area contributed by atoms with Gasteiger partial charge in [-0.25, -0.2) is 4.68 Å².